The summed E-state index contributed by atoms with van der Waals surface area (Å²) in [6, 6.07) is 13.2. The fourth-order valence-electron chi connectivity index (χ4n) is 3.85. The molecule has 0 aliphatic rings. The van der Waals surface area contributed by atoms with E-state index in [4.69, 9.17) is 15.9 Å². The van der Waals surface area contributed by atoms with Crippen molar-refractivity contribution in [2.24, 2.45) is 0 Å². The normalized spacial score (nSPS) is 12.0. The molecule has 0 aliphatic heterocycles. The van der Waals surface area contributed by atoms with Crippen molar-refractivity contribution in [1.29, 1.82) is 0 Å². The fraction of sp³-hybridized carbons (Fsp3) is 0.500. The monoisotopic (exact) mass is 804 g/mol. The van der Waals surface area contributed by atoms with Crippen LogP contribution in [0.2, 0.25) is 90.7 Å². The van der Waals surface area contributed by atoms with E-state index in [0.29, 0.717) is 30.7 Å². The van der Waals surface area contributed by atoms with Crippen LogP contribution < -0.4 is 0 Å². The van der Waals surface area contributed by atoms with Gasteiger partial charge in [-0.2, -0.15) is 8.78 Å². The number of benzene rings is 2. The minimum Gasteiger partial charge on any atom is -0.360 e. The zero-order chi connectivity index (χ0) is 37.2. The van der Waals surface area contributed by atoms with Crippen molar-refractivity contribution < 1.29 is 18.3 Å². The van der Waals surface area contributed by atoms with Crippen LogP contribution in [0.3, 0.4) is 0 Å². The quantitative estimate of drug-likeness (QED) is 0.0910. The molecule has 4 rings (SSSR count). The Morgan fingerprint density at radius 1 is 0.694 bits per heavy atom. The predicted octanol–water partition coefficient (Wildman–Crippen LogP) is 10.5. The molecule has 13 heteroatoms. The van der Waals surface area contributed by atoms with Gasteiger partial charge in [-0.1, -0.05) is 100 Å². The number of fused-ring (bicyclic) bond motifs is 2. The van der Waals surface area contributed by atoms with Crippen molar-refractivity contribution >= 4 is 70.0 Å². The Labute approximate surface area is 305 Å². The molecule has 0 aliphatic carbocycles. The van der Waals surface area contributed by atoms with Crippen molar-refractivity contribution in [3.8, 4) is 23.4 Å². The molecule has 4 aromatic rings. The van der Waals surface area contributed by atoms with Crippen molar-refractivity contribution in [1.82, 2.24) is 19.6 Å². The van der Waals surface area contributed by atoms with E-state index in [2.05, 4.69) is 122 Å². The highest BCUT2D eigenvalue weighted by Gasteiger charge is 2.16. The molecule has 2 heterocycles. The van der Waals surface area contributed by atoms with Crippen LogP contribution >= 0.6 is 15.9 Å². The first-order valence-corrected chi connectivity index (χ1v) is 31.8. The lowest BCUT2D eigenvalue weighted by molar-refractivity contribution is 0.0803. The van der Waals surface area contributed by atoms with Gasteiger partial charge in [0.15, 0.2) is 0 Å². The van der Waals surface area contributed by atoms with Crippen LogP contribution in [0.5, 0.6) is 0 Å². The lowest BCUT2D eigenvalue weighted by Crippen LogP contribution is -2.22. The number of nitrogens with zero attached hydrogens (tertiary/aromatic N) is 4. The Kier molecular flexibility index (Phi) is 15.9. The van der Waals surface area contributed by atoms with Crippen LogP contribution in [0.25, 0.3) is 21.8 Å². The van der Waals surface area contributed by atoms with Crippen LogP contribution in [0.15, 0.2) is 40.9 Å². The first-order valence-electron chi connectivity index (χ1n) is 16.6. The maximum Gasteiger partial charge on any atom is 0.240 e. The number of hydrogen-bond donors (Lipinski definition) is 0. The highest BCUT2D eigenvalue weighted by Crippen LogP contribution is 2.23. The van der Waals surface area contributed by atoms with E-state index >= 15 is 0 Å². The van der Waals surface area contributed by atoms with E-state index in [1.807, 2.05) is 24.3 Å². The van der Waals surface area contributed by atoms with Gasteiger partial charge in [-0.05, 0) is 48.5 Å². The first kappa shape index (κ1) is 42.8. The summed E-state index contributed by atoms with van der Waals surface area (Å²) in [6.07, 6.45) is 5.12. The second kappa shape index (κ2) is 18.2. The lowest BCUT2D eigenvalue weighted by Gasteiger charge is -2.15. The molecule has 0 amide bonds. The second-order valence-electron chi connectivity index (χ2n) is 16.6. The first-order chi connectivity index (χ1) is 22.5. The molecule has 0 unspecified atom stereocenters. The minimum atomic E-state index is -1.45. The van der Waals surface area contributed by atoms with Gasteiger partial charge in [0, 0.05) is 39.4 Å². The Balaban J connectivity index is 0.000000297. The van der Waals surface area contributed by atoms with Crippen molar-refractivity contribution in [3.63, 3.8) is 0 Å². The standard InChI is InChI=1S/C18H27FN2OSi2.C13H18BrFN2OSi.C5H10Si/c1-23(2,3)11-9-15-7-8-17-16(13-15)18(19)20-21(17)14-22-10-12-24(4,5)6;1-19(2,3)7-6-18-9-17-12-5-4-10(14)8-11(12)13(15)16-17;1-5-6(2,3)4/h7-8,13H,10,12,14H2,1-6H3;4-5,8H,6-7,9H2,1-3H3;1H,2-4H3. The summed E-state index contributed by atoms with van der Waals surface area (Å²) in [5.41, 5.74) is 8.39. The van der Waals surface area contributed by atoms with Crippen molar-refractivity contribution in [2.45, 2.75) is 104 Å². The lowest BCUT2D eigenvalue weighted by atomic mass is 10.2. The highest BCUT2D eigenvalue weighted by molar-refractivity contribution is 9.10. The van der Waals surface area contributed by atoms with Gasteiger partial charge >= 0.3 is 0 Å². The molecule has 268 valence electrons. The largest absolute Gasteiger partial charge is 0.360 e. The van der Waals surface area contributed by atoms with Crippen LogP contribution in [0, 0.1) is 35.3 Å². The number of rotatable bonds is 10. The molecule has 49 heavy (non-hydrogen) atoms. The molecule has 6 nitrogen and oxygen atoms in total. The van der Waals surface area contributed by atoms with Gasteiger partial charge < -0.3 is 9.47 Å². The van der Waals surface area contributed by atoms with Gasteiger partial charge in [0.25, 0.3) is 0 Å². The SMILES string of the molecule is C#C[Si](C)(C)C.C[Si](C)(C)C#Cc1ccc2c(c1)c(F)nn2COCC[Si](C)(C)C.C[Si](C)(C)CCOCn1nc(F)c2cc(Br)ccc21. The zero-order valence-corrected chi connectivity index (χ0v) is 37.1. The van der Waals surface area contributed by atoms with E-state index in [1.165, 1.54) is 0 Å². The van der Waals surface area contributed by atoms with E-state index in [0.717, 1.165) is 33.2 Å². The Bertz CT molecular complexity index is 1780. The van der Waals surface area contributed by atoms with Gasteiger partial charge in [-0.15, -0.1) is 27.7 Å². The summed E-state index contributed by atoms with van der Waals surface area (Å²) in [6.45, 7) is 28.8. The Morgan fingerprint density at radius 3 is 1.53 bits per heavy atom. The summed E-state index contributed by atoms with van der Waals surface area (Å²) >= 11 is 3.33. The van der Waals surface area contributed by atoms with Crippen molar-refractivity contribution in [2.75, 3.05) is 13.2 Å². The molecular formula is C36H55BrF2N4O2Si4. The molecule has 0 spiro atoms. The van der Waals surface area contributed by atoms with Crippen LogP contribution in [-0.2, 0) is 22.9 Å². The summed E-state index contributed by atoms with van der Waals surface area (Å²) in [4.78, 5) is 0. The average molecular weight is 806 g/mol. The third kappa shape index (κ3) is 16.5. The van der Waals surface area contributed by atoms with Gasteiger partial charge in [0.1, 0.15) is 29.6 Å². The maximum absolute atomic E-state index is 14.1. The van der Waals surface area contributed by atoms with Crippen LogP contribution in [0.1, 0.15) is 5.56 Å². The molecule has 0 saturated carbocycles. The number of halogens is 3. The number of aromatic nitrogens is 4. The summed E-state index contributed by atoms with van der Waals surface area (Å²) < 4.78 is 43.1. The van der Waals surface area contributed by atoms with E-state index in [1.54, 1.807) is 21.5 Å². The Morgan fingerprint density at radius 2 is 1.12 bits per heavy atom. The van der Waals surface area contributed by atoms with Gasteiger partial charge in [0.2, 0.25) is 11.9 Å². The topological polar surface area (TPSA) is 54.1 Å². The average Bonchev–Trinajstić information content (AvgIpc) is 3.46. The smallest absolute Gasteiger partial charge is 0.240 e. The molecule has 0 bridgehead atoms. The third-order valence-electron chi connectivity index (χ3n) is 6.81. The molecule has 0 radical (unpaired) electrons. The summed E-state index contributed by atoms with van der Waals surface area (Å²) in [7, 11) is -4.75. The van der Waals surface area contributed by atoms with Crippen LogP contribution in [0.4, 0.5) is 8.78 Å². The molecular weight excluding hydrogens is 751 g/mol. The van der Waals surface area contributed by atoms with Crippen molar-refractivity contribution in [3.05, 3.63) is 58.3 Å². The fourth-order valence-corrected chi connectivity index (χ4v) is 6.24. The summed E-state index contributed by atoms with van der Waals surface area (Å²) in [5, 5.41) is 8.87. The van der Waals surface area contributed by atoms with E-state index in [-0.39, 0.29) is 6.73 Å². The van der Waals surface area contributed by atoms with Crippen LogP contribution in [-0.4, -0.2) is 65.1 Å². The molecule has 0 fully saturated rings. The van der Waals surface area contributed by atoms with E-state index in [9.17, 15) is 8.78 Å². The molecule has 2 aromatic carbocycles. The summed E-state index contributed by atoms with van der Waals surface area (Å²) in [5.74, 6) is 2.25. The zero-order valence-electron chi connectivity index (χ0n) is 31.5. The molecule has 0 atom stereocenters. The van der Waals surface area contributed by atoms with E-state index < -0.39 is 44.2 Å². The number of ether oxygens (including phenoxy) is 2. The predicted molar refractivity (Wildman–Crippen MR) is 218 cm³/mol. The second-order valence-corrected chi connectivity index (χ2v) is 38.3. The van der Waals surface area contributed by atoms with Gasteiger partial charge in [-0.3, -0.25) is 0 Å². The number of hydrogen-bond acceptors (Lipinski definition) is 4. The van der Waals surface area contributed by atoms with Gasteiger partial charge in [-0.25, -0.2) is 9.36 Å². The highest BCUT2D eigenvalue weighted by atomic mass is 79.9. The maximum atomic E-state index is 14.1. The number of terminal acetylenes is 1. The molecule has 2 aromatic heterocycles. The molecule has 0 saturated heterocycles. The minimum absolute atomic E-state index is 0.283. The Hall–Kier alpha value is -2.37. The molecule has 0 N–H and O–H groups in total. The third-order valence-corrected chi connectivity index (χ3v) is 12.5. The van der Waals surface area contributed by atoms with Gasteiger partial charge in [0.05, 0.1) is 21.8 Å².